The molecule has 0 rings (SSSR count). The highest BCUT2D eigenvalue weighted by atomic mass is 127. The highest BCUT2D eigenvalue weighted by Gasteiger charge is 2.12. The summed E-state index contributed by atoms with van der Waals surface area (Å²) in [5.41, 5.74) is 0. The lowest BCUT2D eigenvalue weighted by molar-refractivity contribution is 0.309. The van der Waals surface area contributed by atoms with Crippen LogP contribution < -0.4 is 0 Å². The molecule has 56 valence electrons. The molecule has 0 radical (unpaired) electrons. The fourth-order valence-electron chi connectivity index (χ4n) is 0.288. The van der Waals surface area contributed by atoms with Gasteiger partial charge in [-0.1, -0.05) is 22.4 Å². The van der Waals surface area contributed by atoms with Gasteiger partial charge >= 0.3 is 4.05 Å². The number of nitriles is 1. The maximum atomic E-state index is 8.42. The van der Waals surface area contributed by atoms with E-state index < -0.39 is 0 Å². The van der Waals surface area contributed by atoms with Crippen LogP contribution in [0.4, 0.5) is 0 Å². The fraction of sp³-hybridized carbons (Fsp3) is 0.750. The van der Waals surface area contributed by atoms with Crippen LogP contribution in [0.15, 0.2) is 0 Å². The highest BCUT2D eigenvalue weighted by molar-refractivity contribution is 14.1. The summed E-state index contributed by atoms with van der Waals surface area (Å²) in [5, 5.41) is 8.32. The van der Waals surface area contributed by atoms with Crippen LogP contribution in [-0.4, -0.2) is 15.2 Å². The Hall–Kier alpha value is 0.555. The monoisotopic (exact) mass is 271 g/mol. The van der Waals surface area contributed by atoms with Crippen LogP contribution in [0.2, 0.25) is 0 Å². The van der Waals surface area contributed by atoms with Crippen molar-refractivity contribution in [3.05, 3.63) is 0 Å². The lowest BCUT2D eigenvalue weighted by Gasteiger charge is -2.04. The molecule has 1 atom stereocenters. The minimum absolute atomic E-state index is 0.107. The topological polar surface area (TPSA) is 53.2 Å². The summed E-state index contributed by atoms with van der Waals surface area (Å²) in [6, 6.07) is 2.03. The minimum Gasteiger partial charge on any atom is -0.415 e. The van der Waals surface area contributed by atoms with Gasteiger partial charge in [0.1, 0.15) is 0 Å². The van der Waals surface area contributed by atoms with Gasteiger partial charge in [-0.05, 0) is 18.8 Å². The molecule has 0 aromatic heterocycles. The predicted molar refractivity (Wildman–Crippen MR) is 50.7 cm³/mol. The van der Waals surface area contributed by atoms with Crippen molar-refractivity contribution < 1.29 is 9.21 Å². The van der Waals surface area contributed by atoms with Gasteiger partial charge in [0, 0.05) is 6.61 Å². The van der Waals surface area contributed by atoms with E-state index in [1.807, 2.05) is 28.4 Å². The van der Waals surface area contributed by atoms with Crippen molar-refractivity contribution in [3.8, 4) is 6.07 Å². The van der Waals surface area contributed by atoms with Gasteiger partial charge in [0.2, 0.25) is 0 Å². The number of nitrogens with zero attached hydrogens (tertiary/aromatic N) is 1. The van der Waals surface area contributed by atoms with Crippen molar-refractivity contribution in [1.82, 2.24) is 0 Å². The largest absolute Gasteiger partial charge is 0.463 e. The smallest absolute Gasteiger partial charge is 0.415 e. The van der Waals surface area contributed by atoms with E-state index in [-0.39, 0.29) is 9.97 Å². The summed E-state index contributed by atoms with van der Waals surface area (Å²) in [7, 11) is 0. The van der Waals surface area contributed by atoms with E-state index in [2.05, 4.69) is 0 Å². The van der Waals surface area contributed by atoms with Crippen LogP contribution in [0.3, 0.4) is 0 Å². The molecule has 3 nitrogen and oxygen atoms in total. The van der Waals surface area contributed by atoms with Gasteiger partial charge < -0.3 is 9.21 Å². The van der Waals surface area contributed by atoms with Crippen molar-refractivity contribution in [2.45, 2.75) is 6.92 Å². The Labute approximate surface area is 78.2 Å². The summed E-state index contributed by atoms with van der Waals surface area (Å²) in [5.74, 6) is -0.107. The molecule has 0 aliphatic rings. The van der Waals surface area contributed by atoms with Crippen molar-refractivity contribution >= 4 is 38.3 Å². The third kappa shape index (κ3) is 5.35. The van der Waals surface area contributed by atoms with E-state index in [9.17, 15) is 0 Å². The molecule has 1 N–H and O–H groups in total. The molecule has 0 aliphatic heterocycles. The normalized spacial score (nSPS) is 12.2. The first kappa shape index (κ1) is 10.6. The molecule has 1 unspecified atom stereocenters. The Morgan fingerprint density at radius 2 is 2.60 bits per heavy atom. The molecular weight excluding hydrogens is 264 g/mol. The van der Waals surface area contributed by atoms with Gasteiger partial charge in [0.05, 0.1) is 12.0 Å². The van der Waals surface area contributed by atoms with E-state index in [1.165, 1.54) is 0 Å². The highest BCUT2D eigenvalue weighted by Crippen LogP contribution is 2.11. The van der Waals surface area contributed by atoms with Crippen molar-refractivity contribution in [2.75, 3.05) is 6.61 Å². The van der Waals surface area contributed by atoms with E-state index in [0.717, 1.165) is 0 Å². The minimum atomic E-state index is -0.270. The van der Waals surface area contributed by atoms with E-state index in [4.69, 9.17) is 14.5 Å². The third-order valence-electron chi connectivity index (χ3n) is 0.781. The molecule has 0 saturated carbocycles. The maximum Gasteiger partial charge on any atom is 0.463 e. The number of rotatable bonds is 4. The van der Waals surface area contributed by atoms with Crippen LogP contribution in [0.1, 0.15) is 6.92 Å². The molecule has 0 fully saturated rings. The molecule has 0 aliphatic carbocycles. The molecule has 0 saturated heterocycles. The van der Waals surface area contributed by atoms with E-state index in [1.54, 1.807) is 6.92 Å². The summed E-state index contributed by atoms with van der Waals surface area (Å²) in [6.07, 6.45) is 0. The lowest BCUT2D eigenvalue weighted by Crippen LogP contribution is -2.10. The number of halogens is 1. The predicted octanol–water partition coefficient (Wildman–Crippen LogP) is 1.79. The standard InChI is InChI=1S/C4H7BINO2S/c1-4(2-7)3-9-5(6)10-8/h4,8H,3H2,1H3. The van der Waals surface area contributed by atoms with Crippen LogP contribution in [-0.2, 0) is 4.65 Å². The van der Waals surface area contributed by atoms with Crippen molar-refractivity contribution in [3.63, 3.8) is 0 Å². The molecule has 0 aromatic rings. The first-order chi connectivity index (χ1) is 4.70. The molecule has 0 bridgehead atoms. The second kappa shape index (κ2) is 6.28. The number of hydrogen-bond acceptors (Lipinski definition) is 4. The zero-order valence-corrected chi connectivity index (χ0v) is 8.42. The first-order valence-electron chi connectivity index (χ1n) is 2.66. The van der Waals surface area contributed by atoms with Gasteiger partial charge in [-0.2, -0.15) is 5.26 Å². The second-order valence-electron chi connectivity index (χ2n) is 1.74. The Kier molecular flexibility index (Phi) is 6.63. The Morgan fingerprint density at radius 1 is 2.00 bits per heavy atom. The van der Waals surface area contributed by atoms with Crippen LogP contribution >= 0.6 is 34.3 Å². The summed E-state index contributed by atoms with van der Waals surface area (Å²) in [4.78, 5) is 0. The Bertz CT molecular complexity index is 131. The van der Waals surface area contributed by atoms with Crippen LogP contribution in [0.5, 0.6) is 0 Å². The zero-order chi connectivity index (χ0) is 7.98. The number of hydrogen-bond donors (Lipinski definition) is 1. The molecule has 0 heterocycles. The Balaban J connectivity index is 3.28. The van der Waals surface area contributed by atoms with Crippen LogP contribution in [0, 0.1) is 17.2 Å². The van der Waals surface area contributed by atoms with Crippen molar-refractivity contribution in [1.29, 1.82) is 5.26 Å². The van der Waals surface area contributed by atoms with Gasteiger partial charge in [-0.3, -0.25) is 0 Å². The SMILES string of the molecule is CC(C#N)COB(I)SO. The lowest BCUT2D eigenvalue weighted by atomic mass is 10.2. The van der Waals surface area contributed by atoms with Gasteiger partial charge in [0.25, 0.3) is 0 Å². The molecular formula is C4H7BINO2S. The van der Waals surface area contributed by atoms with E-state index >= 15 is 0 Å². The van der Waals surface area contributed by atoms with Gasteiger partial charge in [0.15, 0.2) is 0 Å². The third-order valence-corrected chi connectivity index (χ3v) is 2.12. The second-order valence-corrected chi connectivity index (χ2v) is 4.36. The summed E-state index contributed by atoms with van der Waals surface area (Å²) < 4.78 is 13.2. The van der Waals surface area contributed by atoms with E-state index in [0.29, 0.717) is 18.5 Å². The van der Waals surface area contributed by atoms with Crippen LogP contribution in [0.25, 0.3) is 0 Å². The maximum absolute atomic E-state index is 8.42. The summed E-state index contributed by atoms with van der Waals surface area (Å²) in [6.45, 7) is 2.14. The fourth-order valence-corrected chi connectivity index (χ4v) is 0.635. The molecule has 10 heavy (non-hydrogen) atoms. The zero-order valence-electron chi connectivity index (χ0n) is 5.45. The van der Waals surface area contributed by atoms with Gasteiger partial charge in [-0.15, -0.1) is 0 Å². The average Bonchev–Trinajstić information content (AvgIpc) is 1.99. The Morgan fingerprint density at radius 3 is 3.00 bits per heavy atom. The molecule has 0 aromatic carbocycles. The average molecular weight is 271 g/mol. The first-order valence-corrected chi connectivity index (χ1v) is 4.74. The molecule has 0 spiro atoms. The van der Waals surface area contributed by atoms with Crippen molar-refractivity contribution in [2.24, 2.45) is 5.92 Å². The summed E-state index contributed by atoms with van der Waals surface area (Å²) >= 11 is 2.57. The quantitative estimate of drug-likeness (QED) is 0.481. The van der Waals surface area contributed by atoms with Gasteiger partial charge in [-0.25, -0.2) is 0 Å². The molecule has 0 amide bonds. The molecule has 6 heteroatoms.